The molecule has 2 N–H and O–H groups in total. The Morgan fingerprint density at radius 1 is 1.02 bits per heavy atom. The number of aromatic hydroxyl groups is 1. The smallest absolute Gasteiger partial charge is 0.315 e. The zero-order valence-electron chi connectivity index (χ0n) is 25.4. The molecule has 234 valence electrons. The number of piperazine rings is 1. The highest BCUT2D eigenvalue weighted by Gasteiger charge is 2.50. The van der Waals surface area contributed by atoms with Gasteiger partial charge in [0, 0.05) is 82.6 Å². The second kappa shape index (κ2) is 10.4. The molecule has 2 aliphatic rings. The molecule has 1 fully saturated rings. The number of benzene rings is 3. The first-order chi connectivity index (χ1) is 21.2. The monoisotopic (exact) mass is 618 g/mol. The maximum absolute atomic E-state index is 13.9. The molecule has 3 heterocycles. The van der Waals surface area contributed by atoms with Crippen LogP contribution in [0, 0.1) is 6.92 Å². The van der Waals surface area contributed by atoms with E-state index in [2.05, 4.69) is 15.1 Å². The summed E-state index contributed by atoms with van der Waals surface area (Å²) in [5.74, 6) is -5.67. The minimum absolute atomic E-state index is 0.0414. The van der Waals surface area contributed by atoms with E-state index in [1.165, 1.54) is 27.7 Å². The largest absolute Gasteiger partial charge is 0.505 e. The molecule has 2 aliphatic heterocycles. The van der Waals surface area contributed by atoms with Gasteiger partial charge in [0.25, 0.3) is 5.78 Å². The summed E-state index contributed by atoms with van der Waals surface area (Å²) in [5.41, 5.74) is -0.561. The highest BCUT2D eigenvalue weighted by atomic mass is 16.7. The number of Topliss-reactive ketones (excluding diaryl/α,β-unsaturated/α-hetero) is 1. The van der Waals surface area contributed by atoms with Gasteiger partial charge >= 0.3 is 17.7 Å². The fraction of sp³-hybridized carbons (Fsp3) is 0.355. The van der Waals surface area contributed by atoms with E-state index in [1.54, 1.807) is 12.1 Å². The van der Waals surface area contributed by atoms with E-state index in [9.17, 15) is 29.1 Å². The SMILES string of the molecule is CC(=O)Nc1c(O)c2c(=O)c(C)c3c(c2c2nc4c(OC(C)=O)cc(N5CCN(C)CC5)cc4oc12)C(=O)C(C)(OC(C)=O)O3. The summed E-state index contributed by atoms with van der Waals surface area (Å²) >= 11 is 0. The van der Waals surface area contributed by atoms with Crippen LogP contribution < -0.4 is 25.1 Å². The van der Waals surface area contributed by atoms with Crippen molar-refractivity contribution in [3.8, 4) is 17.2 Å². The van der Waals surface area contributed by atoms with E-state index in [0.29, 0.717) is 18.8 Å². The van der Waals surface area contributed by atoms with Crippen molar-refractivity contribution in [2.75, 3.05) is 43.4 Å². The molecule has 1 unspecified atom stereocenters. The lowest BCUT2D eigenvalue weighted by molar-refractivity contribution is -0.172. The van der Waals surface area contributed by atoms with E-state index in [-0.39, 0.29) is 61.3 Å². The lowest BCUT2D eigenvalue weighted by atomic mass is 9.93. The van der Waals surface area contributed by atoms with Crippen molar-refractivity contribution in [2.24, 2.45) is 0 Å². The molecule has 4 aromatic rings. The summed E-state index contributed by atoms with van der Waals surface area (Å²) in [6, 6.07) is 3.35. The van der Waals surface area contributed by atoms with Gasteiger partial charge in [-0.25, -0.2) is 4.98 Å². The van der Waals surface area contributed by atoms with Gasteiger partial charge < -0.3 is 38.9 Å². The topological polar surface area (TPSA) is 178 Å². The number of anilines is 2. The van der Waals surface area contributed by atoms with E-state index < -0.39 is 40.6 Å². The van der Waals surface area contributed by atoms with Crippen LogP contribution in [0.25, 0.3) is 33.0 Å². The first-order valence-corrected chi connectivity index (χ1v) is 14.2. The van der Waals surface area contributed by atoms with Gasteiger partial charge in [0.15, 0.2) is 28.1 Å². The highest BCUT2D eigenvalue weighted by Crippen LogP contribution is 2.48. The quantitative estimate of drug-likeness (QED) is 0.112. The van der Waals surface area contributed by atoms with Crippen molar-refractivity contribution >= 4 is 68.0 Å². The van der Waals surface area contributed by atoms with Gasteiger partial charge in [-0.1, -0.05) is 0 Å². The van der Waals surface area contributed by atoms with Crippen LogP contribution in [0.1, 0.15) is 43.6 Å². The molecule has 1 saturated heterocycles. The first-order valence-electron chi connectivity index (χ1n) is 14.2. The highest BCUT2D eigenvalue weighted by molar-refractivity contribution is 6.26. The second-order valence-electron chi connectivity index (χ2n) is 11.3. The molecule has 0 aliphatic carbocycles. The van der Waals surface area contributed by atoms with Gasteiger partial charge in [0.1, 0.15) is 22.5 Å². The number of hydrogen-bond acceptors (Lipinski definition) is 13. The van der Waals surface area contributed by atoms with Gasteiger partial charge in [-0.15, -0.1) is 0 Å². The van der Waals surface area contributed by atoms with E-state index in [1.807, 2.05) is 7.05 Å². The molecule has 0 bridgehead atoms. The third-order valence-electron chi connectivity index (χ3n) is 7.95. The minimum Gasteiger partial charge on any atom is -0.505 e. The van der Waals surface area contributed by atoms with Crippen molar-refractivity contribution in [2.45, 2.75) is 40.4 Å². The van der Waals surface area contributed by atoms with Crippen molar-refractivity contribution in [1.29, 1.82) is 0 Å². The number of nitrogens with one attached hydrogen (secondary N) is 1. The zero-order valence-corrected chi connectivity index (χ0v) is 25.4. The number of amides is 1. The van der Waals surface area contributed by atoms with Gasteiger partial charge in [-0.05, 0) is 14.0 Å². The molecule has 14 heteroatoms. The summed E-state index contributed by atoms with van der Waals surface area (Å²) in [4.78, 5) is 73.0. The Balaban J connectivity index is 1.75. The zero-order chi connectivity index (χ0) is 32.5. The van der Waals surface area contributed by atoms with E-state index >= 15 is 0 Å². The number of phenols is 1. The fourth-order valence-corrected chi connectivity index (χ4v) is 5.87. The van der Waals surface area contributed by atoms with Crippen LogP contribution in [-0.2, 0) is 19.1 Å². The number of esters is 2. The molecule has 0 spiro atoms. The van der Waals surface area contributed by atoms with Gasteiger partial charge in [-0.2, -0.15) is 0 Å². The van der Waals surface area contributed by atoms with Gasteiger partial charge in [0.05, 0.1) is 10.9 Å². The van der Waals surface area contributed by atoms with Crippen LogP contribution in [0.2, 0.25) is 0 Å². The third-order valence-corrected chi connectivity index (χ3v) is 7.95. The summed E-state index contributed by atoms with van der Waals surface area (Å²) in [6.07, 6.45) is 0. The number of aromatic nitrogens is 1. The predicted octanol–water partition coefficient (Wildman–Crippen LogP) is 3.00. The average molecular weight is 619 g/mol. The summed E-state index contributed by atoms with van der Waals surface area (Å²) < 4.78 is 22.9. The van der Waals surface area contributed by atoms with Gasteiger partial charge in [-0.3, -0.25) is 24.0 Å². The minimum atomic E-state index is -2.10. The Morgan fingerprint density at radius 2 is 1.71 bits per heavy atom. The molecule has 1 amide bonds. The Labute approximate surface area is 255 Å². The molecule has 0 saturated carbocycles. The number of ether oxygens (including phenoxy) is 3. The molecule has 0 radical (unpaired) electrons. The molecular formula is C31H30N4O10. The van der Waals surface area contributed by atoms with Crippen molar-refractivity contribution < 1.29 is 42.9 Å². The molecule has 1 atom stereocenters. The summed E-state index contributed by atoms with van der Waals surface area (Å²) in [6.45, 7) is 9.16. The molecule has 6 rings (SSSR count). The fourth-order valence-electron chi connectivity index (χ4n) is 5.87. The number of carbonyl (C=O) groups excluding carboxylic acids is 4. The molecular weight excluding hydrogens is 588 g/mol. The lowest BCUT2D eigenvalue weighted by Crippen LogP contribution is -2.44. The van der Waals surface area contributed by atoms with Crippen LogP contribution in [-0.4, -0.2) is 77.6 Å². The Hall–Kier alpha value is -5.24. The number of nitrogens with zero attached hydrogens (tertiary/aromatic N) is 3. The number of ketones is 1. The van der Waals surface area contributed by atoms with Crippen LogP contribution in [0.5, 0.6) is 17.2 Å². The number of likely N-dealkylation sites (N-methyl/N-ethyl adjacent to an activating group) is 1. The number of phenolic OH excluding ortho intramolecular Hbond substituents is 1. The number of carbonyl (C=O) groups is 4. The van der Waals surface area contributed by atoms with Crippen LogP contribution in [0.4, 0.5) is 11.4 Å². The first kappa shape index (κ1) is 29.8. The summed E-state index contributed by atoms with van der Waals surface area (Å²) in [7, 11) is 2.02. The number of hydrogen-bond donors (Lipinski definition) is 2. The van der Waals surface area contributed by atoms with Gasteiger partial charge in [0.2, 0.25) is 5.91 Å². The normalized spacial score (nSPS) is 18.3. The van der Waals surface area contributed by atoms with Crippen LogP contribution >= 0.6 is 0 Å². The predicted molar refractivity (Wildman–Crippen MR) is 162 cm³/mol. The van der Waals surface area contributed by atoms with Crippen molar-refractivity contribution in [3.05, 3.63) is 33.5 Å². The van der Waals surface area contributed by atoms with E-state index in [0.717, 1.165) is 20.0 Å². The molecule has 14 nitrogen and oxygen atoms in total. The van der Waals surface area contributed by atoms with Crippen molar-refractivity contribution in [3.63, 3.8) is 0 Å². The maximum Gasteiger partial charge on any atom is 0.315 e. The standard InChI is InChI=1S/C31H30N4O10/c1-13-26(39)21-20(22-28(13)45-31(5,30(22)41)44-16(4)38)24-29(25(27(21)40)32-14(2)36)43-19-12-17(35-9-7-34(6)8-10-35)11-18(23(19)33-24)42-15(3)37/h11-12,40H,7-10H2,1-6H3,(H,32,36). The van der Waals surface area contributed by atoms with Crippen LogP contribution in [0.3, 0.4) is 0 Å². The average Bonchev–Trinajstić information content (AvgIpc) is 3.21. The van der Waals surface area contributed by atoms with Crippen molar-refractivity contribution in [1.82, 2.24) is 9.88 Å². The number of rotatable bonds is 4. The number of fused-ring (bicyclic) bond motifs is 6. The molecule has 3 aromatic carbocycles. The Bertz CT molecular complexity index is 2060. The summed E-state index contributed by atoms with van der Waals surface area (Å²) in [5, 5.41) is 13.5. The lowest BCUT2D eigenvalue weighted by Gasteiger charge is -2.34. The van der Waals surface area contributed by atoms with E-state index in [4.69, 9.17) is 23.6 Å². The Morgan fingerprint density at radius 3 is 2.33 bits per heavy atom. The third kappa shape index (κ3) is 4.77. The van der Waals surface area contributed by atoms with Crippen LogP contribution in [0.15, 0.2) is 21.3 Å². The molecule has 45 heavy (non-hydrogen) atoms. The Kier molecular flexibility index (Phi) is 6.92. The second-order valence-corrected chi connectivity index (χ2v) is 11.3. The maximum atomic E-state index is 13.9. The molecule has 1 aromatic heterocycles.